The van der Waals surface area contributed by atoms with E-state index in [1.165, 1.54) is 0 Å². The first kappa shape index (κ1) is 12.9. The van der Waals surface area contributed by atoms with Gasteiger partial charge in [-0.15, -0.1) is 0 Å². The zero-order valence-electron chi connectivity index (χ0n) is 10.6. The van der Waals surface area contributed by atoms with Crippen molar-refractivity contribution in [2.75, 3.05) is 26.8 Å². The number of carbonyl (C=O) groups is 1. The highest BCUT2D eigenvalue weighted by Crippen LogP contribution is 2.28. The van der Waals surface area contributed by atoms with Crippen LogP contribution in [0.4, 0.5) is 0 Å². The molecule has 0 aromatic heterocycles. The molecular weight excluding hydrogens is 230 g/mol. The summed E-state index contributed by atoms with van der Waals surface area (Å²) in [6.45, 7) is 2.84. The van der Waals surface area contributed by atoms with E-state index in [0.29, 0.717) is 29.6 Å². The highest BCUT2D eigenvalue weighted by molar-refractivity contribution is 5.76. The van der Waals surface area contributed by atoms with E-state index in [1.54, 1.807) is 25.3 Å². The molecule has 98 valence electrons. The number of nitrogens with one attached hydrogen (secondary N) is 1. The Hall–Kier alpha value is -1.55. The van der Waals surface area contributed by atoms with Crippen molar-refractivity contribution < 1.29 is 14.3 Å². The van der Waals surface area contributed by atoms with Gasteiger partial charge in [0.05, 0.1) is 13.7 Å². The van der Waals surface area contributed by atoms with Gasteiger partial charge in [0.1, 0.15) is 6.29 Å². The summed E-state index contributed by atoms with van der Waals surface area (Å²) in [7, 11) is 1.58. The van der Waals surface area contributed by atoms with Crippen molar-refractivity contribution >= 4 is 6.29 Å². The number of benzene rings is 1. The number of aldehydes is 1. The number of methoxy groups -OCH3 is 1. The van der Waals surface area contributed by atoms with Crippen molar-refractivity contribution in [1.82, 2.24) is 5.32 Å². The lowest BCUT2D eigenvalue weighted by Crippen LogP contribution is -2.30. The molecule has 4 heteroatoms. The van der Waals surface area contributed by atoms with Crippen molar-refractivity contribution in [3.05, 3.63) is 23.8 Å². The third-order valence-electron chi connectivity index (χ3n) is 3.26. The Morgan fingerprint density at radius 2 is 2.11 bits per heavy atom. The van der Waals surface area contributed by atoms with Crippen LogP contribution in [0.1, 0.15) is 23.2 Å². The Labute approximate surface area is 107 Å². The lowest BCUT2D eigenvalue weighted by Gasteiger charge is -2.23. The van der Waals surface area contributed by atoms with Gasteiger partial charge in [0.2, 0.25) is 0 Å². The van der Waals surface area contributed by atoms with Gasteiger partial charge >= 0.3 is 0 Å². The van der Waals surface area contributed by atoms with Gasteiger partial charge in [-0.1, -0.05) is 0 Å². The second-order valence-corrected chi connectivity index (χ2v) is 4.53. The Balaban J connectivity index is 1.97. The average Bonchev–Trinajstić information content (AvgIpc) is 2.46. The molecular formula is C14H19NO3. The van der Waals surface area contributed by atoms with E-state index in [-0.39, 0.29) is 0 Å². The molecule has 0 spiro atoms. The second kappa shape index (κ2) is 6.40. The molecule has 1 aromatic carbocycles. The fourth-order valence-electron chi connectivity index (χ4n) is 2.13. The maximum absolute atomic E-state index is 10.7. The van der Waals surface area contributed by atoms with E-state index < -0.39 is 0 Å². The first-order valence-electron chi connectivity index (χ1n) is 6.30. The quantitative estimate of drug-likeness (QED) is 0.809. The molecule has 1 fully saturated rings. The highest BCUT2D eigenvalue weighted by Gasteiger charge is 2.14. The normalized spacial score (nSPS) is 16.3. The van der Waals surface area contributed by atoms with Gasteiger partial charge in [-0.2, -0.15) is 0 Å². The van der Waals surface area contributed by atoms with Crippen LogP contribution < -0.4 is 14.8 Å². The first-order chi connectivity index (χ1) is 8.83. The maximum Gasteiger partial charge on any atom is 0.161 e. The molecule has 1 aliphatic rings. The minimum Gasteiger partial charge on any atom is -0.493 e. The molecule has 0 unspecified atom stereocenters. The molecule has 1 heterocycles. The summed E-state index contributed by atoms with van der Waals surface area (Å²) in [5.41, 5.74) is 0.598. The molecule has 0 amide bonds. The topological polar surface area (TPSA) is 47.6 Å². The zero-order valence-corrected chi connectivity index (χ0v) is 10.6. The van der Waals surface area contributed by atoms with Crippen LogP contribution in [0.3, 0.4) is 0 Å². The summed E-state index contributed by atoms with van der Waals surface area (Å²) in [6, 6.07) is 5.24. The van der Waals surface area contributed by atoms with E-state index in [9.17, 15) is 4.79 Å². The predicted octanol–water partition coefficient (Wildman–Crippen LogP) is 1.89. The number of hydrogen-bond acceptors (Lipinski definition) is 4. The van der Waals surface area contributed by atoms with E-state index >= 15 is 0 Å². The van der Waals surface area contributed by atoms with Crippen LogP contribution in [-0.2, 0) is 0 Å². The Bertz CT molecular complexity index is 400. The second-order valence-electron chi connectivity index (χ2n) is 4.53. The van der Waals surface area contributed by atoms with Crippen molar-refractivity contribution in [2.45, 2.75) is 12.8 Å². The van der Waals surface area contributed by atoms with E-state index in [0.717, 1.165) is 32.2 Å². The number of carbonyl (C=O) groups excluding carboxylic acids is 1. The van der Waals surface area contributed by atoms with Crippen LogP contribution in [0.5, 0.6) is 11.5 Å². The lowest BCUT2D eigenvalue weighted by atomic mass is 9.99. The molecule has 0 aliphatic carbocycles. The van der Waals surface area contributed by atoms with E-state index in [1.807, 2.05) is 0 Å². The van der Waals surface area contributed by atoms with Crippen LogP contribution in [0.25, 0.3) is 0 Å². The monoisotopic (exact) mass is 249 g/mol. The standard InChI is InChI=1S/C14H19NO3/c1-17-14-8-12(9-16)2-3-13(14)18-10-11-4-6-15-7-5-11/h2-3,8-9,11,15H,4-7,10H2,1H3. The number of ether oxygens (including phenoxy) is 2. The molecule has 0 radical (unpaired) electrons. The minimum absolute atomic E-state index is 0.598. The van der Waals surface area contributed by atoms with Crippen LogP contribution >= 0.6 is 0 Å². The largest absolute Gasteiger partial charge is 0.493 e. The van der Waals surface area contributed by atoms with Gasteiger partial charge in [0.15, 0.2) is 11.5 Å². The molecule has 1 aliphatic heterocycles. The summed E-state index contributed by atoms with van der Waals surface area (Å²) in [5, 5.41) is 3.33. The fourth-order valence-corrected chi connectivity index (χ4v) is 2.13. The van der Waals surface area contributed by atoms with E-state index in [4.69, 9.17) is 9.47 Å². The van der Waals surface area contributed by atoms with Crippen LogP contribution in [0, 0.1) is 5.92 Å². The van der Waals surface area contributed by atoms with E-state index in [2.05, 4.69) is 5.32 Å². The van der Waals surface area contributed by atoms with Gasteiger partial charge in [-0.3, -0.25) is 4.79 Å². The Morgan fingerprint density at radius 1 is 1.33 bits per heavy atom. The average molecular weight is 249 g/mol. The summed E-state index contributed by atoms with van der Waals surface area (Å²) < 4.78 is 11.0. The molecule has 1 N–H and O–H groups in total. The van der Waals surface area contributed by atoms with Crippen molar-refractivity contribution in [3.63, 3.8) is 0 Å². The lowest BCUT2D eigenvalue weighted by molar-refractivity contribution is 0.112. The van der Waals surface area contributed by atoms with Crippen LogP contribution in [0.2, 0.25) is 0 Å². The van der Waals surface area contributed by atoms with Gasteiger partial charge < -0.3 is 14.8 Å². The molecule has 1 aromatic rings. The molecule has 0 bridgehead atoms. The molecule has 2 rings (SSSR count). The highest BCUT2D eigenvalue weighted by atomic mass is 16.5. The first-order valence-corrected chi connectivity index (χ1v) is 6.30. The summed E-state index contributed by atoms with van der Waals surface area (Å²) in [6.07, 6.45) is 3.10. The van der Waals surface area contributed by atoms with Gasteiger partial charge in [0, 0.05) is 5.56 Å². The minimum atomic E-state index is 0.598. The molecule has 18 heavy (non-hydrogen) atoms. The van der Waals surface area contributed by atoms with Crippen LogP contribution in [-0.4, -0.2) is 33.1 Å². The Kier molecular flexibility index (Phi) is 4.59. The smallest absolute Gasteiger partial charge is 0.161 e. The third kappa shape index (κ3) is 3.23. The third-order valence-corrected chi connectivity index (χ3v) is 3.26. The number of hydrogen-bond donors (Lipinski definition) is 1. The Morgan fingerprint density at radius 3 is 2.78 bits per heavy atom. The van der Waals surface area contributed by atoms with Crippen molar-refractivity contribution in [3.8, 4) is 11.5 Å². The SMILES string of the molecule is COc1cc(C=O)ccc1OCC1CCNCC1. The number of rotatable bonds is 5. The van der Waals surface area contributed by atoms with Crippen molar-refractivity contribution in [1.29, 1.82) is 0 Å². The molecule has 0 saturated carbocycles. The van der Waals surface area contributed by atoms with Gasteiger partial charge in [-0.05, 0) is 50.0 Å². The van der Waals surface area contributed by atoms with Gasteiger partial charge in [0.25, 0.3) is 0 Å². The number of piperidine rings is 1. The zero-order chi connectivity index (χ0) is 12.8. The predicted molar refractivity (Wildman–Crippen MR) is 69.5 cm³/mol. The summed E-state index contributed by atoms with van der Waals surface area (Å²) >= 11 is 0. The molecule has 0 atom stereocenters. The van der Waals surface area contributed by atoms with Gasteiger partial charge in [-0.25, -0.2) is 0 Å². The fraction of sp³-hybridized carbons (Fsp3) is 0.500. The van der Waals surface area contributed by atoms with Crippen molar-refractivity contribution in [2.24, 2.45) is 5.92 Å². The maximum atomic E-state index is 10.7. The summed E-state index contributed by atoms with van der Waals surface area (Å²) in [5.74, 6) is 1.93. The molecule has 4 nitrogen and oxygen atoms in total. The van der Waals surface area contributed by atoms with Crippen LogP contribution in [0.15, 0.2) is 18.2 Å². The summed E-state index contributed by atoms with van der Waals surface area (Å²) in [4.78, 5) is 10.7. The molecule has 1 saturated heterocycles.